The van der Waals surface area contributed by atoms with Gasteiger partial charge in [-0.25, -0.2) is 4.79 Å². The molecule has 0 atom stereocenters. The molecule has 0 spiro atoms. The maximum Gasteiger partial charge on any atom is 0.335 e. The molecule has 0 bridgehead atoms. The maximum atomic E-state index is 10.7. The van der Waals surface area contributed by atoms with E-state index in [1.165, 1.54) is 18.4 Å². The third-order valence-corrected chi connectivity index (χ3v) is 4.17. The highest BCUT2D eigenvalue weighted by molar-refractivity contribution is 7.99. The van der Waals surface area contributed by atoms with Crippen LogP contribution in [0.2, 0.25) is 0 Å². The highest BCUT2D eigenvalue weighted by atomic mass is 32.2. The minimum atomic E-state index is -0.871. The largest absolute Gasteiger partial charge is 0.478 e. The standard InChI is InChI=1S/C17H18O2S/c18-17(19)15-9-11-16(12-10-15)20-13-5-4-8-14-6-2-1-3-7-14/h1-3,6-7,9-12H,4-5,8,13H2,(H,18,19). The zero-order valence-corrected chi connectivity index (χ0v) is 12.1. The van der Waals surface area contributed by atoms with E-state index < -0.39 is 5.97 Å². The molecule has 104 valence electrons. The number of aryl methyl sites for hydroxylation is 1. The van der Waals surface area contributed by atoms with E-state index in [4.69, 9.17) is 5.11 Å². The van der Waals surface area contributed by atoms with E-state index in [0.717, 1.165) is 17.1 Å². The van der Waals surface area contributed by atoms with Crippen LogP contribution >= 0.6 is 11.8 Å². The second-order valence-corrected chi connectivity index (χ2v) is 5.79. The van der Waals surface area contributed by atoms with Gasteiger partial charge in [-0.3, -0.25) is 0 Å². The van der Waals surface area contributed by atoms with Gasteiger partial charge >= 0.3 is 5.97 Å². The Morgan fingerprint density at radius 2 is 1.65 bits per heavy atom. The summed E-state index contributed by atoms with van der Waals surface area (Å²) in [4.78, 5) is 11.9. The minimum Gasteiger partial charge on any atom is -0.478 e. The second kappa shape index (κ2) is 7.75. The molecule has 0 radical (unpaired) electrons. The molecule has 0 heterocycles. The monoisotopic (exact) mass is 286 g/mol. The molecule has 2 rings (SSSR count). The summed E-state index contributed by atoms with van der Waals surface area (Å²) in [6, 6.07) is 17.6. The molecule has 2 nitrogen and oxygen atoms in total. The molecule has 3 heteroatoms. The van der Waals surface area contributed by atoms with E-state index in [2.05, 4.69) is 24.3 Å². The Morgan fingerprint density at radius 3 is 2.30 bits per heavy atom. The van der Waals surface area contributed by atoms with Gasteiger partial charge in [0, 0.05) is 4.90 Å². The molecule has 0 aliphatic carbocycles. The fraction of sp³-hybridized carbons (Fsp3) is 0.235. The second-order valence-electron chi connectivity index (χ2n) is 4.62. The molecule has 0 unspecified atom stereocenters. The van der Waals surface area contributed by atoms with Crippen molar-refractivity contribution in [1.29, 1.82) is 0 Å². The van der Waals surface area contributed by atoms with E-state index in [0.29, 0.717) is 5.56 Å². The van der Waals surface area contributed by atoms with Gasteiger partial charge in [-0.2, -0.15) is 0 Å². The first-order chi connectivity index (χ1) is 9.75. The topological polar surface area (TPSA) is 37.3 Å². The van der Waals surface area contributed by atoms with Crippen LogP contribution in [0, 0.1) is 0 Å². The van der Waals surface area contributed by atoms with Crippen LogP contribution in [0.15, 0.2) is 59.5 Å². The van der Waals surface area contributed by atoms with Gasteiger partial charge in [0.05, 0.1) is 5.56 Å². The van der Waals surface area contributed by atoms with Gasteiger partial charge < -0.3 is 5.11 Å². The highest BCUT2D eigenvalue weighted by Crippen LogP contribution is 2.20. The van der Waals surface area contributed by atoms with Crippen LogP contribution in [-0.2, 0) is 6.42 Å². The van der Waals surface area contributed by atoms with Gasteiger partial charge in [0.15, 0.2) is 0 Å². The lowest BCUT2D eigenvalue weighted by atomic mass is 10.1. The normalized spacial score (nSPS) is 10.4. The quantitative estimate of drug-likeness (QED) is 0.601. The van der Waals surface area contributed by atoms with Crippen LogP contribution in [0.1, 0.15) is 28.8 Å². The molecule has 1 N–H and O–H groups in total. The zero-order chi connectivity index (χ0) is 14.2. The molecule has 2 aromatic rings. The van der Waals surface area contributed by atoms with Gasteiger partial charge in [-0.15, -0.1) is 11.8 Å². The van der Waals surface area contributed by atoms with Gasteiger partial charge in [0.1, 0.15) is 0 Å². The Balaban J connectivity index is 1.67. The van der Waals surface area contributed by atoms with Crippen molar-refractivity contribution in [2.24, 2.45) is 0 Å². The maximum absolute atomic E-state index is 10.7. The number of rotatable bonds is 7. The SMILES string of the molecule is O=C(O)c1ccc(SCCCCc2ccccc2)cc1. The van der Waals surface area contributed by atoms with Gasteiger partial charge in [-0.1, -0.05) is 30.3 Å². The van der Waals surface area contributed by atoms with Crippen LogP contribution in [0.3, 0.4) is 0 Å². The lowest BCUT2D eigenvalue weighted by Crippen LogP contribution is -1.94. The van der Waals surface area contributed by atoms with E-state index in [-0.39, 0.29) is 0 Å². The number of aromatic carboxylic acids is 1. The van der Waals surface area contributed by atoms with Crippen LogP contribution < -0.4 is 0 Å². The summed E-state index contributed by atoms with van der Waals surface area (Å²) >= 11 is 1.78. The fourth-order valence-electron chi connectivity index (χ4n) is 1.96. The number of thioether (sulfide) groups is 1. The Kier molecular flexibility index (Phi) is 5.69. The molecule has 0 amide bonds. The molecular formula is C17H18O2S. The smallest absolute Gasteiger partial charge is 0.335 e. The van der Waals surface area contributed by atoms with Crippen molar-refractivity contribution >= 4 is 17.7 Å². The molecule has 0 saturated heterocycles. The molecule has 0 aliphatic heterocycles. The number of hydrogen-bond acceptors (Lipinski definition) is 2. The van der Waals surface area contributed by atoms with Crippen molar-refractivity contribution in [3.8, 4) is 0 Å². The third kappa shape index (κ3) is 4.74. The van der Waals surface area contributed by atoms with Crippen LogP contribution in [0.25, 0.3) is 0 Å². The molecule has 20 heavy (non-hydrogen) atoms. The first kappa shape index (κ1) is 14.7. The molecule has 0 fully saturated rings. The predicted octanol–water partition coefficient (Wildman–Crippen LogP) is 4.50. The average Bonchev–Trinajstić information content (AvgIpc) is 2.48. The number of carboxylic acid groups (broad SMARTS) is 1. The van der Waals surface area contributed by atoms with E-state index in [1.54, 1.807) is 23.9 Å². The van der Waals surface area contributed by atoms with Crippen molar-refractivity contribution in [1.82, 2.24) is 0 Å². The number of hydrogen-bond donors (Lipinski definition) is 1. The fourth-order valence-corrected chi connectivity index (χ4v) is 2.87. The minimum absolute atomic E-state index is 0.346. The number of carbonyl (C=O) groups is 1. The van der Waals surface area contributed by atoms with Crippen LogP contribution in [0.5, 0.6) is 0 Å². The van der Waals surface area contributed by atoms with Gasteiger partial charge in [0.25, 0.3) is 0 Å². The lowest BCUT2D eigenvalue weighted by Gasteiger charge is -2.03. The molecule has 2 aromatic carbocycles. The zero-order valence-electron chi connectivity index (χ0n) is 11.3. The highest BCUT2D eigenvalue weighted by Gasteiger charge is 2.01. The van der Waals surface area contributed by atoms with Gasteiger partial charge in [0.2, 0.25) is 0 Å². The van der Waals surface area contributed by atoms with Crippen molar-refractivity contribution in [3.63, 3.8) is 0 Å². The Bertz CT molecular complexity index is 535. The summed E-state index contributed by atoms with van der Waals surface area (Å²) in [5, 5.41) is 8.82. The van der Waals surface area contributed by atoms with Crippen molar-refractivity contribution in [2.75, 3.05) is 5.75 Å². The predicted molar refractivity (Wildman–Crippen MR) is 83.5 cm³/mol. The Labute approximate surface area is 123 Å². The Hall–Kier alpha value is -1.74. The Morgan fingerprint density at radius 1 is 0.950 bits per heavy atom. The number of unbranched alkanes of at least 4 members (excludes halogenated alkanes) is 1. The van der Waals surface area contributed by atoms with E-state index >= 15 is 0 Å². The van der Waals surface area contributed by atoms with Crippen molar-refractivity contribution < 1.29 is 9.90 Å². The summed E-state index contributed by atoms with van der Waals surface area (Å²) < 4.78 is 0. The summed E-state index contributed by atoms with van der Waals surface area (Å²) in [6.07, 6.45) is 3.48. The summed E-state index contributed by atoms with van der Waals surface area (Å²) in [5.41, 5.74) is 1.74. The number of carboxylic acids is 1. The molecule has 0 aromatic heterocycles. The first-order valence-corrected chi connectivity index (χ1v) is 7.74. The van der Waals surface area contributed by atoms with Crippen LogP contribution in [0.4, 0.5) is 0 Å². The summed E-state index contributed by atoms with van der Waals surface area (Å²) in [5.74, 6) is 0.198. The lowest BCUT2D eigenvalue weighted by molar-refractivity contribution is 0.0697. The van der Waals surface area contributed by atoms with Crippen LogP contribution in [-0.4, -0.2) is 16.8 Å². The number of benzene rings is 2. The first-order valence-electron chi connectivity index (χ1n) is 6.76. The van der Waals surface area contributed by atoms with Gasteiger partial charge in [-0.05, 0) is 54.8 Å². The molecule has 0 aliphatic rings. The van der Waals surface area contributed by atoms with Crippen molar-refractivity contribution in [3.05, 3.63) is 65.7 Å². The van der Waals surface area contributed by atoms with Crippen molar-refractivity contribution in [2.45, 2.75) is 24.2 Å². The van der Waals surface area contributed by atoms with E-state index in [1.807, 2.05) is 18.2 Å². The molecular weight excluding hydrogens is 268 g/mol. The van der Waals surface area contributed by atoms with E-state index in [9.17, 15) is 4.79 Å². The summed E-state index contributed by atoms with van der Waals surface area (Å²) in [6.45, 7) is 0. The third-order valence-electron chi connectivity index (χ3n) is 3.07. The molecule has 0 saturated carbocycles. The average molecular weight is 286 g/mol. The summed E-state index contributed by atoms with van der Waals surface area (Å²) in [7, 11) is 0.